The van der Waals surface area contributed by atoms with E-state index in [1.807, 2.05) is 6.07 Å². The van der Waals surface area contributed by atoms with Gasteiger partial charge >= 0.3 is 6.03 Å². The number of rotatable bonds is 7. The van der Waals surface area contributed by atoms with E-state index in [4.69, 9.17) is 23.2 Å². The van der Waals surface area contributed by atoms with Crippen LogP contribution in [0.25, 0.3) is 0 Å². The topological polar surface area (TPSA) is 69.7 Å². The Morgan fingerprint density at radius 3 is 2.67 bits per heavy atom. The smallest absolute Gasteiger partial charge is 0.326 e. The first-order valence-electron chi connectivity index (χ1n) is 7.64. The molecule has 1 N–H and O–H groups in total. The monoisotopic (exact) mass is 371 g/mol. The maximum absolute atomic E-state index is 11.8. The molecule has 6 nitrogen and oxygen atoms in total. The zero-order valence-electron chi connectivity index (χ0n) is 13.3. The Balaban J connectivity index is 1.67. The van der Waals surface area contributed by atoms with Gasteiger partial charge < -0.3 is 10.2 Å². The second-order valence-corrected chi connectivity index (χ2v) is 6.47. The van der Waals surface area contributed by atoms with Crippen LogP contribution >= 0.6 is 23.2 Å². The largest absolute Gasteiger partial charge is 0.356 e. The number of urea groups is 1. The molecule has 1 aliphatic rings. The van der Waals surface area contributed by atoms with E-state index in [9.17, 15) is 14.4 Å². The molecular weight excluding hydrogens is 353 g/mol. The standard InChI is InChI=1S/C16H19Cl2N3O3/c1-20-10-15(23)21(16(20)24)8-2-3-14(22)19-7-6-11-4-5-12(17)9-13(11)18/h4-5,9H,2-3,6-8,10H2,1H3,(H,19,22). The van der Waals surface area contributed by atoms with Gasteiger partial charge in [-0.2, -0.15) is 0 Å². The number of nitrogens with one attached hydrogen (secondary N) is 1. The van der Waals surface area contributed by atoms with Crippen molar-refractivity contribution in [3.05, 3.63) is 33.8 Å². The molecule has 0 spiro atoms. The van der Waals surface area contributed by atoms with Gasteiger partial charge in [0.05, 0.1) is 0 Å². The molecule has 1 aromatic carbocycles. The van der Waals surface area contributed by atoms with E-state index in [0.29, 0.717) is 29.4 Å². The quantitative estimate of drug-likeness (QED) is 0.747. The SMILES string of the molecule is CN1CC(=O)N(CCCC(=O)NCCc2ccc(Cl)cc2Cl)C1=O. The lowest BCUT2D eigenvalue weighted by atomic mass is 10.1. The Hall–Kier alpha value is -1.79. The second-order valence-electron chi connectivity index (χ2n) is 5.62. The molecule has 0 unspecified atom stereocenters. The molecule has 1 saturated heterocycles. The van der Waals surface area contributed by atoms with Crippen molar-refractivity contribution in [1.29, 1.82) is 0 Å². The first-order chi connectivity index (χ1) is 11.4. The Kier molecular flexibility index (Phi) is 6.45. The van der Waals surface area contributed by atoms with Crippen molar-refractivity contribution in [1.82, 2.24) is 15.1 Å². The van der Waals surface area contributed by atoms with E-state index in [-0.39, 0.29) is 37.4 Å². The average Bonchev–Trinajstić information content (AvgIpc) is 2.75. The van der Waals surface area contributed by atoms with Crippen molar-refractivity contribution in [2.45, 2.75) is 19.3 Å². The molecule has 0 aliphatic carbocycles. The summed E-state index contributed by atoms with van der Waals surface area (Å²) >= 11 is 11.9. The first-order valence-corrected chi connectivity index (χ1v) is 8.40. The van der Waals surface area contributed by atoms with Crippen molar-refractivity contribution in [2.75, 3.05) is 26.7 Å². The molecule has 1 aliphatic heterocycles. The van der Waals surface area contributed by atoms with Gasteiger partial charge in [-0.25, -0.2) is 4.79 Å². The minimum Gasteiger partial charge on any atom is -0.356 e. The summed E-state index contributed by atoms with van der Waals surface area (Å²) < 4.78 is 0. The highest BCUT2D eigenvalue weighted by Crippen LogP contribution is 2.21. The number of imide groups is 1. The zero-order valence-corrected chi connectivity index (χ0v) is 14.9. The Labute approximate surface area is 150 Å². The summed E-state index contributed by atoms with van der Waals surface area (Å²) in [6.45, 7) is 0.829. The average molecular weight is 372 g/mol. The molecule has 0 aromatic heterocycles. The Morgan fingerprint density at radius 2 is 2.04 bits per heavy atom. The van der Waals surface area contributed by atoms with Crippen LogP contribution in [0.3, 0.4) is 0 Å². The summed E-state index contributed by atoms with van der Waals surface area (Å²) in [4.78, 5) is 37.6. The highest BCUT2D eigenvalue weighted by Gasteiger charge is 2.32. The van der Waals surface area contributed by atoms with Crippen LogP contribution in [0, 0.1) is 0 Å². The number of benzene rings is 1. The lowest BCUT2D eigenvalue weighted by Gasteiger charge is -2.13. The summed E-state index contributed by atoms with van der Waals surface area (Å²) in [5.41, 5.74) is 0.915. The van der Waals surface area contributed by atoms with Crippen LogP contribution in [0.4, 0.5) is 4.79 Å². The minimum atomic E-state index is -0.308. The number of carbonyl (C=O) groups is 3. The maximum atomic E-state index is 11.8. The van der Waals surface area contributed by atoms with Crippen molar-refractivity contribution in [2.24, 2.45) is 0 Å². The molecule has 4 amide bonds. The lowest BCUT2D eigenvalue weighted by molar-refractivity contribution is -0.126. The van der Waals surface area contributed by atoms with Gasteiger partial charge in [0.1, 0.15) is 6.54 Å². The fraction of sp³-hybridized carbons (Fsp3) is 0.438. The third kappa shape index (κ3) is 4.85. The fourth-order valence-electron chi connectivity index (χ4n) is 2.44. The van der Waals surface area contributed by atoms with E-state index in [0.717, 1.165) is 5.56 Å². The number of amides is 4. The minimum absolute atomic E-state index is 0.104. The summed E-state index contributed by atoms with van der Waals surface area (Å²) in [7, 11) is 1.58. The van der Waals surface area contributed by atoms with Crippen LogP contribution < -0.4 is 5.32 Å². The van der Waals surface area contributed by atoms with Crippen LogP contribution in [-0.2, 0) is 16.0 Å². The number of halogens is 2. The van der Waals surface area contributed by atoms with Gasteiger partial charge in [-0.3, -0.25) is 14.5 Å². The molecule has 1 aromatic rings. The number of hydrogen-bond acceptors (Lipinski definition) is 3. The highest BCUT2D eigenvalue weighted by atomic mass is 35.5. The lowest BCUT2D eigenvalue weighted by Crippen LogP contribution is -2.33. The van der Waals surface area contributed by atoms with E-state index < -0.39 is 0 Å². The van der Waals surface area contributed by atoms with Crippen LogP contribution in [0.5, 0.6) is 0 Å². The summed E-state index contributed by atoms with van der Waals surface area (Å²) in [6.07, 6.45) is 1.31. The molecule has 0 saturated carbocycles. The van der Waals surface area contributed by atoms with Crippen LogP contribution in [-0.4, -0.2) is 54.3 Å². The molecule has 130 valence electrons. The van der Waals surface area contributed by atoms with Gasteiger partial charge in [-0.1, -0.05) is 29.3 Å². The Morgan fingerprint density at radius 1 is 1.29 bits per heavy atom. The predicted octanol–water partition coefficient (Wildman–Crippen LogP) is 2.33. The van der Waals surface area contributed by atoms with Crippen molar-refractivity contribution in [3.8, 4) is 0 Å². The number of nitrogens with zero attached hydrogens (tertiary/aromatic N) is 2. The molecule has 0 atom stereocenters. The van der Waals surface area contributed by atoms with Gasteiger partial charge in [0.15, 0.2) is 0 Å². The third-order valence-electron chi connectivity index (χ3n) is 3.75. The van der Waals surface area contributed by atoms with Gasteiger partial charge in [0.2, 0.25) is 11.8 Å². The van der Waals surface area contributed by atoms with Crippen LogP contribution in [0.1, 0.15) is 18.4 Å². The fourth-order valence-corrected chi connectivity index (χ4v) is 2.94. The van der Waals surface area contributed by atoms with Crippen LogP contribution in [0.15, 0.2) is 18.2 Å². The van der Waals surface area contributed by atoms with Gasteiger partial charge in [0, 0.05) is 36.6 Å². The predicted molar refractivity (Wildman–Crippen MR) is 92.1 cm³/mol. The number of carbonyl (C=O) groups excluding carboxylic acids is 3. The number of likely N-dealkylation sites (N-methyl/N-ethyl adjacent to an activating group) is 1. The van der Waals surface area contributed by atoms with Crippen molar-refractivity contribution >= 4 is 41.0 Å². The van der Waals surface area contributed by atoms with Gasteiger partial charge in [-0.05, 0) is 30.5 Å². The molecule has 0 radical (unpaired) electrons. The molecule has 0 bridgehead atoms. The van der Waals surface area contributed by atoms with Crippen LogP contribution in [0.2, 0.25) is 10.0 Å². The molecule has 2 rings (SSSR count). The molecule has 8 heteroatoms. The number of hydrogen-bond donors (Lipinski definition) is 1. The highest BCUT2D eigenvalue weighted by molar-refractivity contribution is 6.35. The van der Waals surface area contributed by atoms with Gasteiger partial charge in [0.25, 0.3) is 0 Å². The molecule has 1 fully saturated rings. The normalized spacial score (nSPS) is 14.5. The molecule has 1 heterocycles. The van der Waals surface area contributed by atoms with Crippen molar-refractivity contribution in [3.63, 3.8) is 0 Å². The Bertz CT molecular complexity index is 651. The van der Waals surface area contributed by atoms with E-state index >= 15 is 0 Å². The second kappa shape index (κ2) is 8.35. The van der Waals surface area contributed by atoms with E-state index in [1.54, 1.807) is 19.2 Å². The first kappa shape index (κ1) is 18.5. The molecular formula is C16H19Cl2N3O3. The summed E-state index contributed by atoms with van der Waals surface area (Å²) in [5, 5.41) is 3.95. The van der Waals surface area contributed by atoms with Gasteiger partial charge in [-0.15, -0.1) is 0 Å². The zero-order chi connectivity index (χ0) is 17.7. The summed E-state index contributed by atoms with van der Waals surface area (Å²) in [5.74, 6) is -0.340. The molecule has 24 heavy (non-hydrogen) atoms. The van der Waals surface area contributed by atoms with E-state index in [2.05, 4.69) is 5.32 Å². The maximum Gasteiger partial charge on any atom is 0.326 e. The summed E-state index contributed by atoms with van der Waals surface area (Å²) in [6, 6.07) is 4.95. The third-order valence-corrected chi connectivity index (χ3v) is 4.34. The van der Waals surface area contributed by atoms with E-state index in [1.165, 1.54) is 9.80 Å². The van der Waals surface area contributed by atoms with Crippen molar-refractivity contribution < 1.29 is 14.4 Å².